The minimum atomic E-state index is -3.33. The van der Waals surface area contributed by atoms with Crippen molar-refractivity contribution < 1.29 is 13.5 Å². The summed E-state index contributed by atoms with van der Waals surface area (Å²) in [5.74, 6) is 0.0651. The molecule has 0 aromatic heterocycles. The van der Waals surface area contributed by atoms with Crippen LogP contribution in [0.2, 0.25) is 0 Å². The Morgan fingerprint density at radius 2 is 1.67 bits per heavy atom. The van der Waals surface area contributed by atoms with Gasteiger partial charge in [0.05, 0.1) is 17.9 Å². The van der Waals surface area contributed by atoms with E-state index in [1.807, 2.05) is 27.7 Å². The number of hydrogen-bond donors (Lipinski definition) is 2. The van der Waals surface area contributed by atoms with Crippen molar-refractivity contribution in [2.45, 2.75) is 46.6 Å². The Labute approximate surface area is 93.1 Å². The number of sulfonamides is 1. The van der Waals surface area contributed by atoms with Gasteiger partial charge in [-0.1, -0.05) is 27.7 Å². The van der Waals surface area contributed by atoms with E-state index < -0.39 is 15.6 Å². The van der Waals surface area contributed by atoms with Gasteiger partial charge < -0.3 is 5.11 Å². The lowest BCUT2D eigenvalue weighted by atomic mass is 10.0. The third kappa shape index (κ3) is 6.12. The van der Waals surface area contributed by atoms with Crippen LogP contribution in [-0.4, -0.2) is 31.4 Å². The van der Waals surface area contributed by atoms with Crippen LogP contribution in [0, 0.1) is 5.41 Å². The van der Waals surface area contributed by atoms with Crippen LogP contribution < -0.4 is 4.72 Å². The first-order chi connectivity index (χ1) is 6.54. The molecule has 5 heteroatoms. The summed E-state index contributed by atoms with van der Waals surface area (Å²) in [6, 6.07) is 0. The van der Waals surface area contributed by atoms with E-state index in [4.69, 9.17) is 5.11 Å². The predicted molar refractivity (Wildman–Crippen MR) is 62.2 cm³/mol. The third-order valence-electron chi connectivity index (χ3n) is 2.15. The Kier molecular flexibility index (Phi) is 4.76. The lowest BCUT2D eigenvalue weighted by Gasteiger charge is -2.29. The fraction of sp³-hybridized carbons (Fsp3) is 1.00. The smallest absolute Gasteiger partial charge is 0.212 e. The summed E-state index contributed by atoms with van der Waals surface area (Å²) in [4.78, 5) is 0. The summed E-state index contributed by atoms with van der Waals surface area (Å²) < 4.78 is 26.1. The maximum Gasteiger partial charge on any atom is 0.212 e. The lowest BCUT2D eigenvalue weighted by Crippen LogP contribution is -2.50. The Hall–Kier alpha value is -0.130. The zero-order chi connectivity index (χ0) is 12.3. The standard InChI is InChI=1S/C10H23NO3S/c1-6-10(5,7-12)11-15(13,14)8-9(2,3)4/h11-12H,6-8H2,1-5H3. The topological polar surface area (TPSA) is 66.4 Å². The van der Waals surface area contributed by atoms with Gasteiger partial charge in [0.15, 0.2) is 0 Å². The predicted octanol–water partition coefficient (Wildman–Crippen LogP) is 1.11. The Bertz CT molecular complexity index is 286. The zero-order valence-electron chi connectivity index (χ0n) is 10.3. The van der Waals surface area contributed by atoms with Crippen molar-refractivity contribution in [1.29, 1.82) is 0 Å². The monoisotopic (exact) mass is 237 g/mol. The lowest BCUT2D eigenvalue weighted by molar-refractivity contribution is 0.190. The molecule has 0 spiro atoms. The molecule has 0 aromatic carbocycles. The molecule has 0 aromatic rings. The van der Waals surface area contributed by atoms with Crippen LogP contribution in [-0.2, 0) is 10.0 Å². The molecule has 0 aliphatic heterocycles. The number of aliphatic hydroxyl groups excluding tert-OH is 1. The van der Waals surface area contributed by atoms with E-state index in [9.17, 15) is 8.42 Å². The van der Waals surface area contributed by atoms with Crippen molar-refractivity contribution in [1.82, 2.24) is 4.72 Å². The molecular formula is C10H23NO3S. The van der Waals surface area contributed by atoms with Crippen molar-refractivity contribution in [2.24, 2.45) is 5.41 Å². The van der Waals surface area contributed by atoms with Crippen molar-refractivity contribution in [3.05, 3.63) is 0 Å². The zero-order valence-corrected chi connectivity index (χ0v) is 11.1. The van der Waals surface area contributed by atoms with Crippen molar-refractivity contribution in [3.63, 3.8) is 0 Å². The average Bonchev–Trinajstić information content (AvgIpc) is 1.98. The van der Waals surface area contributed by atoms with Crippen LogP contribution in [0.25, 0.3) is 0 Å². The Morgan fingerprint density at radius 1 is 1.20 bits per heavy atom. The minimum Gasteiger partial charge on any atom is -0.394 e. The van der Waals surface area contributed by atoms with Gasteiger partial charge >= 0.3 is 0 Å². The summed E-state index contributed by atoms with van der Waals surface area (Å²) in [5, 5.41) is 9.12. The van der Waals surface area contributed by atoms with E-state index in [-0.39, 0.29) is 17.8 Å². The van der Waals surface area contributed by atoms with Gasteiger partial charge in [-0.15, -0.1) is 0 Å². The molecule has 0 saturated carbocycles. The van der Waals surface area contributed by atoms with Gasteiger partial charge in [0.1, 0.15) is 0 Å². The second kappa shape index (κ2) is 4.80. The summed E-state index contributed by atoms with van der Waals surface area (Å²) >= 11 is 0. The molecule has 92 valence electrons. The van der Waals surface area contributed by atoms with Crippen LogP contribution in [0.1, 0.15) is 41.0 Å². The maximum atomic E-state index is 11.8. The highest BCUT2D eigenvalue weighted by Gasteiger charge is 2.30. The quantitative estimate of drug-likeness (QED) is 0.753. The van der Waals surface area contributed by atoms with Gasteiger partial charge in [-0.25, -0.2) is 13.1 Å². The van der Waals surface area contributed by atoms with Gasteiger partial charge in [-0.2, -0.15) is 0 Å². The number of rotatable bonds is 5. The molecule has 0 amide bonds. The fourth-order valence-corrected chi connectivity index (χ4v) is 3.37. The highest BCUT2D eigenvalue weighted by atomic mass is 32.2. The summed E-state index contributed by atoms with van der Waals surface area (Å²) in [6.45, 7) is 8.97. The average molecular weight is 237 g/mol. The fourth-order valence-electron chi connectivity index (χ4n) is 1.20. The van der Waals surface area contributed by atoms with Crippen LogP contribution in [0.5, 0.6) is 0 Å². The molecular weight excluding hydrogens is 214 g/mol. The van der Waals surface area contributed by atoms with Gasteiger partial charge in [0.25, 0.3) is 0 Å². The van der Waals surface area contributed by atoms with Crippen molar-refractivity contribution >= 4 is 10.0 Å². The van der Waals surface area contributed by atoms with E-state index in [1.54, 1.807) is 6.92 Å². The summed E-state index contributed by atoms with van der Waals surface area (Å²) in [7, 11) is -3.33. The molecule has 2 N–H and O–H groups in total. The van der Waals surface area contributed by atoms with Crippen molar-refractivity contribution in [3.8, 4) is 0 Å². The van der Waals surface area contributed by atoms with Crippen molar-refractivity contribution in [2.75, 3.05) is 12.4 Å². The largest absolute Gasteiger partial charge is 0.394 e. The molecule has 0 fully saturated rings. The Morgan fingerprint density at radius 3 is 1.93 bits per heavy atom. The molecule has 0 rings (SSSR count). The number of nitrogens with one attached hydrogen (secondary N) is 1. The number of aliphatic hydroxyl groups is 1. The van der Waals surface area contributed by atoms with Crippen LogP contribution >= 0.6 is 0 Å². The van der Waals surface area contributed by atoms with Gasteiger partial charge in [-0.3, -0.25) is 0 Å². The molecule has 0 aliphatic carbocycles. The van der Waals surface area contributed by atoms with E-state index in [0.717, 1.165) is 0 Å². The van der Waals surface area contributed by atoms with E-state index in [1.165, 1.54) is 0 Å². The molecule has 15 heavy (non-hydrogen) atoms. The van der Waals surface area contributed by atoms with E-state index >= 15 is 0 Å². The highest BCUT2D eigenvalue weighted by Crippen LogP contribution is 2.18. The first-order valence-corrected chi connectivity index (χ1v) is 6.81. The van der Waals surface area contributed by atoms with E-state index in [0.29, 0.717) is 6.42 Å². The van der Waals surface area contributed by atoms with Crippen LogP contribution in [0.15, 0.2) is 0 Å². The maximum absolute atomic E-state index is 11.8. The van der Waals surface area contributed by atoms with Crippen LogP contribution in [0.3, 0.4) is 0 Å². The third-order valence-corrected chi connectivity index (χ3v) is 4.20. The number of hydrogen-bond acceptors (Lipinski definition) is 3. The second-order valence-corrected chi connectivity index (χ2v) is 7.22. The van der Waals surface area contributed by atoms with Gasteiger partial charge in [0, 0.05) is 0 Å². The SMILES string of the molecule is CCC(C)(CO)NS(=O)(=O)CC(C)(C)C. The molecule has 0 saturated heterocycles. The molecule has 1 atom stereocenters. The molecule has 0 heterocycles. The van der Waals surface area contributed by atoms with Gasteiger partial charge in [0.2, 0.25) is 10.0 Å². The minimum absolute atomic E-state index is 0.0651. The molecule has 0 radical (unpaired) electrons. The molecule has 0 bridgehead atoms. The normalized spacial score (nSPS) is 17.5. The van der Waals surface area contributed by atoms with E-state index in [2.05, 4.69) is 4.72 Å². The Balaban J connectivity index is 4.65. The second-order valence-electron chi connectivity index (χ2n) is 5.49. The summed E-state index contributed by atoms with van der Waals surface area (Å²) in [6.07, 6.45) is 0.562. The van der Waals surface area contributed by atoms with Crippen LogP contribution in [0.4, 0.5) is 0 Å². The molecule has 4 nitrogen and oxygen atoms in total. The molecule has 0 aliphatic rings. The molecule has 1 unspecified atom stereocenters. The first-order valence-electron chi connectivity index (χ1n) is 5.16. The van der Waals surface area contributed by atoms with Gasteiger partial charge in [-0.05, 0) is 18.8 Å². The summed E-state index contributed by atoms with van der Waals surface area (Å²) in [5.41, 5.74) is -1.03. The first kappa shape index (κ1) is 14.9. The highest BCUT2D eigenvalue weighted by molar-refractivity contribution is 7.89.